The number of fused-ring (bicyclic) bond motifs is 2. The number of methoxy groups -OCH3 is 1. The lowest BCUT2D eigenvalue weighted by atomic mass is 9.38. The standard InChI is InChI=1S/C35H47NO14/c1-16(2)11-23(40)49-26-28-34-15-47-35(28,31(44)45-8)29(42)24(41)27(34)33(7)13-19(37)25(17(3)18(33)12-20(34)48-30(26)43)46-14-21(38)36-10-9-22(39)50-32(4,5)6/h11,18,20,24,26-29,41-42H,9-10,12-15H2,1-8H3,(H,36,38)/t18-,20+,24+,26+,27?,28+,29-,33-,34+,35-/m0/s1. The van der Waals surface area contributed by atoms with E-state index in [0.717, 1.165) is 7.11 Å². The summed E-state index contributed by atoms with van der Waals surface area (Å²) in [6, 6.07) is 0. The second kappa shape index (κ2) is 13.1. The van der Waals surface area contributed by atoms with Gasteiger partial charge in [-0.15, -0.1) is 0 Å². The first-order valence-electron chi connectivity index (χ1n) is 16.7. The predicted molar refractivity (Wildman–Crippen MR) is 169 cm³/mol. The minimum Gasteiger partial charge on any atom is -0.480 e. The van der Waals surface area contributed by atoms with Gasteiger partial charge in [0.15, 0.2) is 18.1 Å². The molecule has 3 aliphatic carbocycles. The summed E-state index contributed by atoms with van der Waals surface area (Å²) in [6.45, 7) is 11.2. The van der Waals surface area contributed by atoms with E-state index in [0.29, 0.717) is 11.1 Å². The number of allylic oxidation sites excluding steroid dienone is 3. The highest BCUT2D eigenvalue weighted by molar-refractivity contribution is 5.96. The average molecular weight is 706 g/mol. The first-order valence-corrected chi connectivity index (χ1v) is 16.7. The third-order valence-electron chi connectivity index (χ3n) is 10.9. The highest BCUT2D eigenvalue weighted by Crippen LogP contribution is 2.72. The van der Waals surface area contributed by atoms with Crippen molar-refractivity contribution in [1.82, 2.24) is 5.32 Å². The van der Waals surface area contributed by atoms with E-state index in [4.69, 9.17) is 28.4 Å². The number of carbonyl (C=O) groups is 6. The Labute approximate surface area is 290 Å². The van der Waals surface area contributed by atoms with Gasteiger partial charge in [0.1, 0.15) is 17.8 Å². The number of esters is 4. The second-order valence-electron chi connectivity index (χ2n) is 15.5. The summed E-state index contributed by atoms with van der Waals surface area (Å²) in [5, 5.41) is 26.3. The average Bonchev–Trinajstić information content (AvgIpc) is 3.30. The lowest BCUT2D eigenvalue weighted by Crippen LogP contribution is -2.79. The molecule has 2 saturated carbocycles. The second-order valence-corrected chi connectivity index (χ2v) is 15.5. The maximum atomic E-state index is 13.8. The van der Waals surface area contributed by atoms with Crippen molar-refractivity contribution < 1.29 is 67.4 Å². The lowest BCUT2D eigenvalue weighted by Gasteiger charge is -2.67. The summed E-state index contributed by atoms with van der Waals surface area (Å²) in [4.78, 5) is 78.5. The van der Waals surface area contributed by atoms with Crippen LogP contribution in [0.5, 0.6) is 0 Å². The molecule has 3 N–H and O–H groups in total. The number of aliphatic hydroxyl groups excluding tert-OH is 2. The Morgan fingerprint density at radius 2 is 1.78 bits per heavy atom. The fourth-order valence-electron chi connectivity index (χ4n) is 9.32. The van der Waals surface area contributed by atoms with Crippen LogP contribution in [0.3, 0.4) is 0 Å². The summed E-state index contributed by atoms with van der Waals surface area (Å²) in [6.07, 6.45) is -5.27. The van der Waals surface area contributed by atoms with Gasteiger partial charge in [-0.3, -0.25) is 14.4 Å². The van der Waals surface area contributed by atoms with Crippen molar-refractivity contribution in [2.24, 2.45) is 28.6 Å². The normalized spacial score (nSPS) is 37.0. The Hall–Kier alpha value is -3.82. The van der Waals surface area contributed by atoms with Gasteiger partial charge < -0.3 is 44.0 Å². The van der Waals surface area contributed by atoms with Crippen molar-refractivity contribution in [1.29, 1.82) is 0 Å². The van der Waals surface area contributed by atoms with Crippen LogP contribution in [0, 0.1) is 28.6 Å². The van der Waals surface area contributed by atoms with Gasteiger partial charge in [-0.2, -0.15) is 0 Å². The molecule has 0 aromatic heterocycles. The molecule has 2 heterocycles. The SMILES string of the molecule is COC(=O)[C@@]12OC[C@]34C([C@@H](O)[C@@H]1O)[C@@]1(C)CC(=O)C(OCC(=O)NCCC(=O)OC(C)(C)C)=C(C)[C@@H]1C[C@H]3OC(=O)[C@H](OC(=O)C=C(C)C)[C@@H]24. The number of ketones is 1. The maximum absolute atomic E-state index is 13.8. The molecule has 5 rings (SSSR count). The molecule has 0 radical (unpaired) electrons. The molecule has 276 valence electrons. The van der Waals surface area contributed by atoms with Gasteiger partial charge in [-0.05, 0) is 64.9 Å². The number of hydrogen-bond acceptors (Lipinski definition) is 14. The van der Waals surface area contributed by atoms with Gasteiger partial charge in [0, 0.05) is 30.4 Å². The highest BCUT2D eigenvalue weighted by atomic mass is 16.6. The molecule has 1 spiro atoms. The van der Waals surface area contributed by atoms with Crippen molar-refractivity contribution in [2.75, 3.05) is 26.9 Å². The first kappa shape index (κ1) is 37.4. The van der Waals surface area contributed by atoms with Crippen LogP contribution < -0.4 is 5.32 Å². The van der Waals surface area contributed by atoms with Gasteiger partial charge in [0.2, 0.25) is 11.7 Å². The molecule has 2 saturated heterocycles. The summed E-state index contributed by atoms with van der Waals surface area (Å²) in [5.41, 5.74) is -4.39. The van der Waals surface area contributed by atoms with E-state index >= 15 is 0 Å². The zero-order chi connectivity index (χ0) is 37.1. The molecule has 10 atom stereocenters. The van der Waals surface area contributed by atoms with Gasteiger partial charge >= 0.3 is 23.9 Å². The van der Waals surface area contributed by atoms with Crippen LogP contribution in [-0.4, -0.2) is 108 Å². The number of nitrogens with one attached hydrogen (secondary N) is 1. The molecule has 2 bridgehead atoms. The molecule has 15 heteroatoms. The largest absolute Gasteiger partial charge is 0.480 e. The van der Waals surface area contributed by atoms with Crippen LogP contribution in [0.2, 0.25) is 0 Å². The molecular formula is C35H47NO14. The molecule has 2 aliphatic heterocycles. The van der Waals surface area contributed by atoms with Crippen LogP contribution in [-0.2, 0) is 57.2 Å². The number of aliphatic hydroxyl groups is 2. The molecule has 15 nitrogen and oxygen atoms in total. The molecule has 1 amide bonds. The smallest absolute Gasteiger partial charge is 0.348 e. The Bertz CT molecular complexity index is 1540. The molecular weight excluding hydrogens is 658 g/mol. The molecule has 4 fully saturated rings. The molecule has 50 heavy (non-hydrogen) atoms. The van der Waals surface area contributed by atoms with E-state index in [-0.39, 0.29) is 38.2 Å². The van der Waals surface area contributed by atoms with Gasteiger partial charge in [0.25, 0.3) is 5.91 Å². The summed E-state index contributed by atoms with van der Waals surface area (Å²) >= 11 is 0. The third-order valence-corrected chi connectivity index (χ3v) is 10.9. The van der Waals surface area contributed by atoms with Crippen molar-refractivity contribution >= 4 is 35.6 Å². The number of ether oxygens (including phenoxy) is 6. The number of Topliss-reactive ketones (excluding diaryl/α,β-unsaturated/α-hetero) is 1. The van der Waals surface area contributed by atoms with E-state index in [1.807, 2.05) is 0 Å². The summed E-state index contributed by atoms with van der Waals surface area (Å²) < 4.78 is 33.8. The fraction of sp³-hybridized carbons (Fsp3) is 0.714. The van der Waals surface area contributed by atoms with Crippen molar-refractivity contribution in [3.05, 3.63) is 23.0 Å². The van der Waals surface area contributed by atoms with E-state index in [2.05, 4.69) is 5.32 Å². The van der Waals surface area contributed by atoms with Crippen LogP contribution in [0.25, 0.3) is 0 Å². The minimum absolute atomic E-state index is 0.00174. The van der Waals surface area contributed by atoms with Crippen LogP contribution in [0.4, 0.5) is 0 Å². The van der Waals surface area contributed by atoms with Crippen LogP contribution in [0.1, 0.15) is 67.7 Å². The minimum atomic E-state index is -2.28. The number of carbonyl (C=O) groups excluding carboxylic acids is 6. The third kappa shape index (κ3) is 5.90. The van der Waals surface area contributed by atoms with Crippen LogP contribution in [0.15, 0.2) is 23.0 Å². The maximum Gasteiger partial charge on any atom is 0.348 e. The summed E-state index contributed by atoms with van der Waals surface area (Å²) in [7, 11) is 1.08. The predicted octanol–water partition coefficient (Wildman–Crippen LogP) is 0.824. The Morgan fingerprint density at radius 1 is 1.10 bits per heavy atom. The van der Waals surface area contributed by atoms with Crippen LogP contribution >= 0.6 is 0 Å². The number of amides is 1. The first-order chi connectivity index (χ1) is 23.2. The molecule has 5 aliphatic rings. The van der Waals surface area contributed by atoms with Crippen molar-refractivity contribution in [3.8, 4) is 0 Å². The van der Waals surface area contributed by atoms with E-state index in [1.54, 1.807) is 48.5 Å². The Kier molecular flexibility index (Phi) is 9.78. The Morgan fingerprint density at radius 3 is 2.40 bits per heavy atom. The Balaban J connectivity index is 1.46. The lowest BCUT2D eigenvalue weighted by molar-refractivity contribution is -0.290. The summed E-state index contributed by atoms with van der Waals surface area (Å²) in [5.74, 6) is -7.33. The zero-order valence-electron chi connectivity index (χ0n) is 29.7. The quantitative estimate of drug-likeness (QED) is 0.172. The molecule has 0 aromatic carbocycles. The fourth-order valence-corrected chi connectivity index (χ4v) is 9.32. The van der Waals surface area contributed by atoms with E-state index < -0.39 is 106 Å². The zero-order valence-corrected chi connectivity index (χ0v) is 29.7. The van der Waals surface area contributed by atoms with Crippen molar-refractivity contribution in [2.45, 2.75) is 103 Å². The van der Waals surface area contributed by atoms with E-state index in [9.17, 15) is 39.0 Å². The van der Waals surface area contributed by atoms with Gasteiger partial charge in [-0.25, -0.2) is 14.4 Å². The van der Waals surface area contributed by atoms with E-state index in [1.165, 1.54) is 6.08 Å². The monoisotopic (exact) mass is 705 g/mol. The molecule has 0 aromatic rings. The van der Waals surface area contributed by atoms with Gasteiger partial charge in [0.05, 0.1) is 32.2 Å². The number of rotatable bonds is 9. The highest BCUT2D eigenvalue weighted by Gasteiger charge is 2.85. The topological polar surface area (TPSA) is 210 Å². The molecule has 1 unspecified atom stereocenters. The van der Waals surface area contributed by atoms with Crippen molar-refractivity contribution in [3.63, 3.8) is 0 Å². The van der Waals surface area contributed by atoms with Gasteiger partial charge in [-0.1, -0.05) is 12.5 Å². The number of hydrogen-bond donors (Lipinski definition) is 3.